The summed E-state index contributed by atoms with van der Waals surface area (Å²) in [5, 5.41) is 69.9. The second-order valence-corrected chi connectivity index (χ2v) is 19.1. The molecule has 0 spiro atoms. The van der Waals surface area contributed by atoms with Crippen molar-refractivity contribution < 1.29 is 78.1 Å². The zero-order chi connectivity index (χ0) is 49.9. The minimum absolute atomic E-state index is 0.0446. The first kappa shape index (κ1) is 62.0. The maximum absolute atomic E-state index is 13.3. The molecule has 0 aromatic carbocycles. The van der Waals surface area contributed by atoms with Crippen molar-refractivity contribution in [2.45, 2.75) is 190 Å². The average Bonchev–Trinajstić information content (AvgIpc) is 3.29. The van der Waals surface area contributed by atoms with Gasteiger partial charge in [0, 0.05) is 23.8 Å². The topological polar surface area (TPSA) is 293 Å². The summed E-state index contributed by atoms with van der Waals surface area (Å²) in [6.07, 6.45) is 22.8. The van der Waals surface area contributed by atoms with Gasteiger partial charge in [-0.1, -0.05) is 125 Å². The van der Waals surface area contributed by atoms with Crippen LogP contribution in [0.5, 0.6) is 0 Å². The lowest BCUT2D eigenvalue weighted by Crippen LogP contribution is -2.64. The van der Waals surface area contributed by atoms with E-state index in [1.165, 1.54) is 19.3 Å². The van der Waals surface area contributed by atoms with Crippen LogP contribution in [0.4, 0.5) is 0 Å². The quantitative estimate of drug-likeness (QED) is 0.0112. The predicted molar refractivity (Wildman–Crippen MR) is 259 cm³/mol. The first-order valence-electron chi connectivity index (χ1n) is 23.7. The fourth-order valence-corrected chi connectivity index (χ4v) is 8.61. The molecule has 0 aromatic rings. The number of esters is 2. The smallest absolute Gasteiger partial charge is 0.472 e. The van der Waals surface area contributed by atoms with Crippen molar-refractivity contribution in [3.63, 3.8) is 0 Å². The standard InChI is InChI=1S/C48H80NO16PS/c1-3-5-7-9-11-13-15-17-19-21-23-25-27-32-41(53)62-33-36(34-63-66(60,61)65-47-45(57)43(55)42(54)44(56)46(47)58)64-48(59)37(49)35-67-39(38(50)29-28-31-40(51)52)30-26-24-22-20-18-16-14-12-10-8-6-4-2/h7,9,12-15,18,20,22,24,26,30,36-39,42-47,50,54-58H,3-6,8,10-11,16-17,19,21,23,25,27-29,31-35,49H2,1-2H3,(H,51,52)(H,60,61)/b9-7-,14-12-,15-13-,20-18-,24-22+,30-26+/t36-,37+,38+,39-,42?,43-,44+,45-,46-,47?/m1/s1. The Morgan fingerprint density at radius 1 is 0.687 bits per heavy atom. The highest BCUT2D eigenvalue weighted by Crippen LogP contribution is 2.47. The van der Waals surface area contributed by atoms with E-state index in [-0.39, 0.29) is 31.4 Å². The van der Waals surface area contributed by atoms with Crippen LogP contribution in [0.2, 0.25) is 0 Å². The maximum atomic E-state index is 13.3. The number of carbonyl (C=O) groups is 3. The number of hydrogen-bond acceptors (Lipinski definition) is 16. The number of hydrogen-bond donors (Lipinski definition) is 9. The van der Waals surface area contributed by atoms with E-state index in [0.717, 1.165) is 76.0 Å². The van der Waals surface area contributed by atoms with Crippen LogP contribution in [-0.4, -0.2) is 138 Å². The molecular formula is C48H80NO16PS. The van der Waals surface area contributed by atoms with Crippen molar-refractivity contribution in [1.82, 2.24) is 0 Å². The molecule has 0 bridgehead atoms. The van der Waals surface area contributed by atoms with E-state index in [0.29, 0.717) is 6.42 Å². The first-order valence-corrected chi connectivity index (χ1v) is 26.2. The van der Waals surface area contributed by atoms with Gasteiger partial charge < -0.3 is 55.8 Å². The van der Waals surface area contributed by atoms with Crippen molar-refractivity contribution in [3.8, 4) is 0 Å². The summed E-state index contributed by atoms with van der Waals surface area (Å²) in [4.78, 5) is 47.6. The minimum atomic E-state index is -5.29. The molecule has 1 fully saturated rings. The SMILES string of the molecule is CCC/C=C\C/C=C\CCCCCCCC(=O)OC[C@H](COP(=O)(O)OC1[C@H](O)[C@H](O)C(O)[C@H](O)[C@H]1O)OC(=O)[C@@H](N)CS[C@H](/C=C/C=C/C=C\C/C=C\CCCCC)[C@@H](O)CCCC(=O)O. The van der Waals surface area contributed by atoms with E-state index in [1.807, 2.05) is 18.2 Å². The van der Waals surface area contributed by atoms with E-state index in [4.69, 9.17) is 29.4 Å². The summed E-state index contributed by atoms with van der Waals surface area (Å²) >= 11 is 1.11. The third-order valence-corrected chi connectivity index (χ3v) is 12.9. The molecule has 0 saturated heterocycles. The predicted octanol–water partition coefficient (Wildman–Crippen LogP) is 6.04. The van der Waals surface area contributed by atoms with Crippen LogP contribution in [-0.2, 0) is 37.5 Å². The zero-order valence-electron chi connectivity index (χ0n) is 39.3. The highest BCUT2D eigenvalue weighted by atomic mass is 32.2. The fourth-order valence-electron chi connectivity index (χ4n) is 6.51. The Balaban J connectivity index is 2.94. The molecule has 11 atom stereocenters. The lowest BCUT2D eigenvalue weighted by Gasteiger charge is -2.41. The number of rotatable bonds is 38. The van der Waals surface area contributed by atoms with Gasteiger partial charge in [0.05, 0.1) is 12.7 Å². The van der Waals surface area contributed by atoms with Gasteiger partial charge in [-0.15, -0.1) is 11.8 Å². The molecule has 1 aliphatic carbocycles. The molecule has 17 nitrogen and oxygen atoms in total. The van der Waals surface area contributed by atoms with E-state index in [1.54, 1.807) is 18.2 Å². The summed E-state index contributed by atoms with van der Waals surface area (Å²) in [5.41, 5.74) is 6.20. The number of thioether (sulfide) groups is 1. The van der Waals surface area contributed by atoms with E-state index >= 15 is 0 Å². The Morgan fingerprint density at radius 2 is 1.27 bits per heavy atom. The van der Waals surface area contributed by atoms with Gasteiger partial charge in [-0.25, -0.2) is 4.57 Å². The Kier molecular flexibility index (Phi) is 35.1. The van der Waals surface area contributed by atoms with Crippen molar-refractivity contribution in [2.75, 3.05) is 19.0 Å². The molecular weight excluding hydrogens is 910 g/mol. The molecule has 10 N–H and O–H groups in total. The number of nitrogens with two attached hydrogens (primary N) is 1. The number of phosphoric acid groups is 1. The van der Waals surface area contributed by atoms with E-state index < -0.39 is 99.1 Å². The van der Waals surface area contributed by atoms with Gasteiger partial charge in [-0.3, -0.25) is 23.4 Å². The molecule has 1 aliphatic rings. The van der Waals surface area contributed by atoms with Crippen molar-refractivity contribution in [1.29, 1.82) is 0 Å². The van der Waals surface area contributed by atoms with Crippen LogP contribution in [0.25, 0.3) is 0 Å². The van der Waals surface area contributed by atoms with Crippen LogP contribution in [0.1, 0.15) is 129 Å². The maximum Gasteiger partial charge on any atom is 0.472 e. The summed E-state index contributed by atoms with van der Waals surface area (Å²) in [5.74, 6) is -2.77. The number of carbonyl (C=O) groups excluding carboxylic acids is 2. The first-order chi connectivity index (χ1) is 32.0. The van der Waals surface area contributed by atoms with Crippen molar-refractivity contribution in [3.05, 3.63) is 72.9 Å². The number of aliphatic hydroxyl groups is 6. The Hall–Kier alpha value is -2.97. The number of carboxylic acid groups (broad SMARTS) is 1. The number of ether oxygens (including phenoxy) is 2. The Bertz CT molecular complexity index is 1570. The normalized spacial score (nSPS) is 23.1. The third kappa shape index (κ3) is 29.6. The van der Waals surface area contributed by atoms with Gasteiger partial charge in [-0.05, 0) is 64.2 Å². The highest BCUT2D eigenvalue weighted by Gasteiger charge is 2.51. The highest BCUT2D eigenvalue weighted by molar-refractivity contribution is 8.00. The number of aliphatic hydroxyl groups excluding tert-OH is 6. The van der Waals surface area contributed by atoms with Gasteiger partial charge >= 0.3 is 25.7 Å². The number of allylic oxidation sites excluding steroid dienone is 11. The van der Waals surface area contributed by atoms with Gasteiger partial charge in [0.1, 0.15) is 49.3 Å². The number of phosphoric ester groups is 1. The molecule has 0 aromatic heterocycles. The van der Waals surface area contributed by atoms with Gasteiger partial charge in [-0.2, -0.15) is 0 Å². The Labute approximate surface area is 401 Å². The second-order valence-electron chi connectivity index (χ2n) is 16.5. The molecule has 0 heterocycles. The second kappa shape index (κ2) is 37.9. The molecule has 67 heavy (non-hydrogen) atoms. The summed E-state index contributed by atoms with van der Waals surface area (Å²) < 4.78 is 33.6. The number of aliphatic carboxylic acids is 1. The fraction of sp³-hybridized carbons (Fsp3) is 0.688. The van der Waals surface area contributed by atoms with E-state index in [9.17, 15) is 54.5 Å². The lowest BCUT2D eigenvalue weighted by molar-refractivity contribution is -0.220. The minimum Gasteiger partial charge on any atom is -0.481 e. The van der Waals surface area contributed by atoms with E-state index in [2.05, 4.69) is 50.3 Å². The monoisotopic (exact) mass is 989 g/mol. The molecule has 384 valence electrons. The zero-order valence-corrected chi connectivity index (χ0v) is 41.0. The summed E-state index contributed by atoms with van der Waals surface area (Å²) in [6.45, 7) is 2.74. The molecule has 0 aliphatic heterocycles. The third-order valence-electron chi connectivity index (χ3n) is 10.5. The lowest BCUT2D eigenvalue weighted by atomic mass is 9.85. The van der Waals surface area contributed by atoms with Gasteiger partial charge in [0.2, 0.25) is 0 Å². The van der Waals surface area contributed by atoms with Crippen LogP contribution in [0.3, 0.4) is 0 Å². The Morgan fingerprint density at radius 3 is 1.91 bits per heavy atom. The van der Waals surface area contributed by atoms with Crippen LogP contribution < -0.4 is 5.73 Å². The molecule has 0 amide bonds. The molecule has 1 saturated carbocycles. The van der Waals surface area contributed by atoms with Crippen LogP contribution in [0.15, 0.2) is 72.9 Å². The number of carboxylic acids is 1. The van der Waals surface area contributed by atoms with Crippen LogP contribution >= 0.6 is 19.6 Å². The van der Waals surface area contributed by atoms with Gasteiger partial charge in [0.25, 0.3) is 0 Å². The van der Waals surface area contributed by atoms with Crippen molar-refractivity contribution in [2.24, 2.45) is 5.73 Å². The molecule has 3 unspecified atom stereocenters. The average molecular weight is 990 g/mol. The van der Waals surface area contributed by atoms with Crippen molar-refractivity contribution >= 4 is 37.5 Å². The van der Waals surface area contributed by atoms with Crippen LogP contribution in [0, 0.1) is 0 Å². The largest absolute Gasteiger partial charge is 0.481 e. The van der Waals surface area contributed by atoms with Gasteiger partial charge in [0.15, 0.2) is 6.10 Å². The summed E-state index contributed by atoms with van der Waals surface area (Å²) in [7, 11) is -5.29. The molecule has 19 heteroatoms. The number of unbranched alkanes of at least 4 members (excludes halogenated alkanes) is 9. The summed E-state index contributed by atoms with van der Waals surface area (Å²) in [6, 6.07) is -1.34. The molecule has 1 rings (SSSR count). The molecule has 0 radical (unpaired) electrons.